The Kier molecular flexibility index (Phi) is 6.06. The van der Waals surface area contributed by atoms with Gasteiger partial charge in [-0.25, -0.2) is 0 Å². The second kappa shape index (κ2) is 9.86. The number of aromatic amines is 2. The van der Waals surface area contributed by atoms with Gasteiger partial charge in [0.1, 0.15) is 5.69 Å². The van der Waals surface area contributed by atoms with E-state index in [1.165, 1.54) is 52.0 Å². The predicted molar refractivity (Wildman–Crippen MR) is 158 cm³/mol. The molecule has 0 atom stereocenters. The highest BCUT2D eigenvalue weighted by Crippen LogP contribution is 2.37. The molecule has 4 heterocycles. The summed E-state index contributed by atoms with van der Waals surface area (Å²) < 4.78 is 0. The van der Waals surface area contributed by atoms with Crippen molar-refractivity contribution in [3.63, 3.8) is 0 Å². The van der Waals surface area contributed by atoms with Crippen molar-refractivity contribution in [3.05, 3.63) is 83.4 Å². The molecule has 0 aliphatic heterocycles. The highest BCUT2D eigenvalue weighted by molar-refractivity contribution is 7.15. The molecule has 0 saturated heterocycles. The third kappa shape index (κ3) is 4.44. The molecule has 3 N–H and O–H groups in total. The third-order valence-corrected chi connectivity index (χ3v) is 8.87. The number of nitrogens with zero attached hydrogens (tertiary/aromatic N) is 2. The summed E-state index contributed by atoms with van der Waals surface area (Å²) in [6.45, 7) is 4.16. The zero-order chi connectivity index (χ0) is 25.5. The predicted octanol–water partition coefficient (Wildman–Crippen LogP) is 8.09. The van der Waals surface area contributed by atoms with Crippen molar-refractivity contribution in [2.24, 2.45) is 5.92 Å². The minimum absolute atomic E-state index is 0.844. The number of pyridine rings is 1. The topological polar surface area (TPSA) is 69.4 Å². The molecule has 7 rings (SSSR count). The Morgan fingerprint density at radius 1 is 0.947 bits per heavy atom. The minimum Gasteiger partial charge on any atom is -0.353 e. The van der Waals surface area contributed by atoms with E-state index in [2.05, 4.69) is 89.1 Å². The number of benzene rings is 2. The number of nitrogens with one attached hydrogen (secondary N) is 3. The van der Waals surface area contributed by atoms with Gasteiger partial charge in [-0.2, -0.15) is 5.10 Å². The molecular weight excluding hydrogens is 486 g/mol. The molecule has 0 amide bonds. The van der Waals surface area contributed by atoms with Gasteiger partial charge in [0.2, 0.25) is 0 Å². The van der Waals surface area contributed by atoms with Crippen LogP contribution in [0.2, 0.25) is 0 Å². The van der Waals surface area contributed by atoms with E-state index in [1.54, 1.807) is 0 Å². The Bertz CT molecular complexity index is 1730. The van der Waals surface area contributed by atoms with Crippen LogP contribution >= 0.6 is 11.3 Å². The Labute approximate surface area is 226 Å². The van der Waals surface area contributed by atoms with Gasteiger partial charge in [-0.05, 0) is 74.2 Å². The van der Waals surface area contributed by atoms with Gasteiger partial charge in [0.25, 0.3) is 0 Å². The molecule has 6 aromatic rings. The molecule has 4 aromatic heterocycles. The van der Waals surface area contributed by atoms with Gasteiger partial charge >= 0.3 is 0 Å². The largest absolute Gasteiger partial charge is 0.353 e. The summed E-state index contributed by atoms with van der Waals surface area (Å²) in [5.41, 5.74) is 8.62. The van der Waals surface area contributed by atoms with Crippen molar-refractivity contribution >= 4 is 33.1 Å². The molecule has 1 aliphatic rings. The molecule has 38 heavy (non-hydrogen) atoms. The van der Waals surface area contributed by atoms with Crippen LogP contribution in [0.1, 0.15) is 36.1 Å². The Balaban J connectivity index is 1.20. The van der Waals surface area contributed by atoms with Crippen LogP contribution in [-0.4, -0.2) is 26.7 Å². The molecule has 0 bridgehead atoms. The second-order valence-electron chi connectivity index (χ2n) is 10.5. The van der Waals surface area contributed by atoms with E-state index in [-0.39, 0.29) is 0 Å². The molecule has 2 aromatic carbocycles. The van der Waals surface area contributed by atoms with Crippen molar-refractivity contribution in [1.29, 1.82) is 0 Å². The minimum atomic E-state index is 0.844. The van der Waals surface area contributed by atoms with Gasteiger partial charge in [-0.1, -0.05) is 43.2 Å². The molecule has 1 fully saturated rings. The first-order valence-electron chi connectivity index (χ1n) is 13.5. The molecule has 1 aliphatic carbocycles. The Morgan fingerprint density at radius 2 is 1.84 bits per heavy atom. The normalized spacial score (nSPS) is 14.2. The average Bonchev–Trinajstić information content (AvgIpc) is 3.74. The fourth-order valence-corrected chi connectivity index (χ4v) is 6.74. The van der Waals surface area contributed by atoms with E-state index in [0.29, 0.717) is 0 Å². The number of hydrogen-bond donors (Lipinski definition) is 3. The monoisotopic (exact) mass is 517 g/mol. The first-order chi connectivity index (χ1) is 18.7. The van der Waals surface area contributed by atoms with E-state index in [0.717, 1.165) is 58.1 Å². The average molecular weight is 518 g/mol. The number of aromatic nitrogens is 4. The Morgan fingerprint density at radius 3 is 2.71 bits per heavy atom. The maximum absolute atomic E-state index is 4.77. The highest BCUT2D eigenvalue weighted by Gasteiger charge is 2.16. The summed E-state index contributed by atoms with van der Waals surface area (Å²) in [6, 6.07) is 24.0. The molecular formula is C32H31N5S. The SMILES string of the molecule is Cc1ccc(-c2cccc3[nH]c(-c4n[nH]c5cnc(-c6cccc(CNCC7CCCC7)c6)cc45)cc23)s1. The van der Waals surface area contributed by atoms with Crippen molar-refractivity contribution < 1.29 is 0 Å². The van der Waals surface area contributed by atoms with Gasteiger partial charge in [-0.3, -0.25) is 10.1 Å². The summed E-state index contributed by atoms with van der Waals surface area (Å²) in [5.74, 6) is 0.844. The van der Waals surface area contributed by atoms with E-state index in [4.69, 9.17) is 10.1 Å². The van der Waals surface area contributed by atoms with Crippen LogP contribution in [0.4, 0.5) is 0 Å². The fraction of sp³-hybridized carbons (Fsp3) is 0.250. The number of rotatable bonds is 7. The second-order valence-corrected chi connectivity index (χ2v) is 11.8. The zero-order valence-corrected chi connectivity index (χ0v) is 22.4. The van der Waals surface area contributed by atoms with Crippen molar-refractivity contribution in [2.45, 2.75) is 39.2 Å². The summed E-state index contributed by atoms with van der Waals surface area (Å²) >= 11 is 1.83. The van der Waals surface area contributed by atoms with Crippen LogP contribution in [-0.2, 0) is 6.54 Å². The molecule has 5 nitrogen and oxygen atoms in total. The van der Waals surface area contributed by atoms with Crippen LogP contribution in [0.3, 0.4) is 0 Å². The highest BCUT2D eigenvalue weighted by atomic mass is 32.1. The number of H-pyrrole nitrogens is 2. The lowest BCUT2D eigenvalue weighted by molar-refractivity contribution is 0.489. The van der Waals surface area contributed by atoms with Crippen LogP contribution < -0.4 is 5.32 Å². The number of fused-ring (bicyclic) bond motifs is 2. The number of thiophene rings is 1. The molecule has 0 unspecified atom stereocenters. The maximum Gasteiger partial charge on any atom is 0.116 e. The van der Waals surface area contributed by atoms with Crippen LogP contribution in [0.5, 0.6) is 0 Å². The molecule has 0 spiro atoms. The maximum atomic E-state index is 4.77. The lowest BCUT2D eigenvalue weighted by Gasteiger charge is -2.11. The van der Waals surface area contributed by atoms with Gasteiger partial charge in [0.15, 0.2) is 0 Å². The first kappa shape index (κ1) is 23.4. The van der Waals surface area contributed by atoms with E-state index >= 15 is 0 Å². The van der Waals surface area contributed by atoms with Crippen molar-refractivity contribution in [3.8, 4) is 33.1 Å². The number of hydrogen-bond acceptors (Lipinski definition) is 4. The lowest BCUT2D eigenvalue weighted by Crippen LogP contribution is -2.20. The van der Waals surface area contributed by atoms with Crippen LogP contribution in [0.15, 0.2) is 72.9 Å². The van der Waals surface area contributed by atoms with Crippen LogP contribution in [0.25, 0.3) is 54.9 Å². The summed E-state index contributed by atoms with van der Waals surface area (Å²) in [4.78, 5) is 11.0. The summed E-state index contributed by atoms with van der Waals surface area (Å²) in [6.07, 6.45) is 7.42. The van der Waals surface area contributed by atoms with Crippen molar-refractivity contribution in [2.75, 3.05) is 6.54 Å². The Hall–Kier alpha value is -3.74. The van der Waals surface area contributed by atoms with Gasteiger partial charge < -0.3 is 10.3 Å². The molecule has 1 saturated carbocycles. The first-order valence-corrected chi connectivity index (χ1v) is 14.4. The van der Waals surface area contributed by atoms with Gasteiger partial charge in [0.05, 0.1) is 23.1 Å². The quantitative estimate of drug-likeness (QED) is 0.200. The summed E-state index contributed by atoms with van der Waals surface area (Å²) in [7, 11) is 0. The van der Waals surface area contributed by atoms with Gasteiger partial charge in [0, 0.05) is 43.7 Å². The molecule has 0 radical (unpaired) electrons. The van der Waals surface area contributed by atoms with E-state index < -0.39 is 0 Å². The smallest absolute Gasteiger partial charge is 0.116 e. The lowest BCUT2D eigenvalue weighted by atomic mass is 10.0. The molecule has 190 valence electrons. The van der Waals surface area contributed by atoms with Gasteiger partial charge in [-0.15, -0.1) is 11.3 Å². The molecule has 6 heteroatoms. The van der Waals surface area contributed by atoms with E-state index in [9.17, 15) is 0 Å². The van der Waals surface area contributed by atoms with Crippen molar-refractivity contribution in [1.82, 2.24) is 25.5 Å². The summed E-state index contributed by atoms with van der Waals surface area (Å²) in [5, 5.41) is 13.8. The fourth-order valence-electron chi connectivity index (χ4n) is 5.83. The zero-order valence-electron chi connectivity index (χ0n) is 21.6. The third-order valence-electron chi connectivity index (χ3n) is 7.83. The standard InChI is InChI=1S/C32H31N5S/c1-20-12-13-31(38-20)24-10-5-11-27-25(24)15-29(35-27)32-26-16-28(34-19-30(26)36-37-32)23-9-4-8-22(14-23)18-33-17-21-6-2-3-7-21/h4-5,8-16,19,21,33,35H,2-3,6-7,17-18H2,1H3,(H,36,37). The van der Waals surface area contributed by atoms with E-state index in [1.807, 2.05) is 17.5 Å². The number of aryl methyl sites for hydroxylation is 1. The van der Waals surface area contributed by atoms with Crippen LogP contribution in [0, 0.1) is 12.8 Å².